The van der Waals surface area contributed by atoms with Crippen molar-refractivity contribution in [1.29, 1.82) is 0 Å². The van der Waals surface area contributed by atoms with Gasteiger partial charge in [0.05, 0.1) is 0 Å². The van der Waals surface area contributed by atoms with Crippen LogP contribution < -0.4 is 0 Å². The van der Waals surface area contributed by atoms with Gasteiger partial charge in [-0.2, -0.15) is 0 Å². The molecule has 0 radical (unpaired) electrons. The minimum absolute atomic E-state index is 0.178. The molecule has 0 aromatic rings. The molecule has 0 aliphatic rings. The first-order valence-electron chi connectivity index (χ1n) is 22.4. The molecule has 0 aromatic heterocycles. The molecule has 0 aliphatic heterocycles. The van der Waals surface area contributed by atoms with Crippen LogP contribution in [0.15, 0.2) is 0 Å². The summed E-state index contributed by atoms with van der Waals surface area (Å²) in [5, 5.41) is 0. The number of hydrogen-bond acceptors (Lipinski definition) is 11. The van der Waals surface area contributed by atoms with E-state index in [0.717, 1.165) is 109 Å². The first-order valence-corrected chi connectivity index (χ1v) is 29.8. The van der Waals surface area contributed by atoms with Gasteiger partial charge in [0.25, 0.3) is 0 Å². The number of carbonyl (C=O) groups is 4. The quantitative estimate of drug-likeness (QED) is 0.0245. The molecule has 0 heterocycles. The standard InChI is InChI=1S/3C11H22O2S.C11H21O2.Sn/c3*1-9(2)6-4-3-5-7-10(8-14)11(12)13;1-3-5-6-7-8-9-10-13-11(12)4-2;/h3*9-10,14H,3-8H2,1-2H3,(H,12,13);2-10H2,1H3;/q;;;;+3/p-3. The molecule has 12 heteroatoms. The average molecular weight is 956 g/mol. The van der Waals surface area contributed by atoms with Gasteiger partial charge in [-0.3, -0.25) is 0 Å². The molecule has 56 heavy (non-hydrogen) atoms. The molecular formula is C44H84O8S3Sn. The van der Waals surface area contributed by atoms with Gasteiger partial charge in [-0.15, -0.1) is 0 Å². The molecule has 3 atom stereocenters. The summed E-state index contributed by atoms with van der Waals surface area (Å²) in [6.45, 7) is 15.6. The molecule has 0 amide bonds. The summed E-state index contributed by atoms with van der Waals surface area (Å²) in [6, 6.07) is 0. The Morgan fingerprint density at radius 1 is 0.464 bits per heavy atom. The second kappa shape index (κ2) is 35.5. The number of ether oxygens (including phenoxy) is 1. The van der Waals surface area contributed by atoms with Crippen LogP contribution in [-0.4, -0.2) is 67.4 Å². The van der Waals surface area contributed by atoms with Gasteiger partial charge >= 0.3 is 368 Å². The summed E-state index contributed by atoms with van der Waals surface area (Å²) in [4.78, 5) is 55.2. The number of esters is 1. The maximum atomic E-state index is 14.0. The van der Waals surface area contributed by atoms with Crippen molar-refractivity contribution in [2.75, 3.05) is 23.9 Å². The van der Waals surface area contributed by atoms with E-state index in [-0.39, 0.29) is 34.7 Å². The van der Waals surface area contributed by atoms with Crippen LogP contribution in [-0.2, 0) is 33.1 Å². The van der Waals surface area contributed by atoms with E-state index in [4.69, 9.17) is 14.0 Å². The Bertz CT molecular complexity index is 930. The summed E-state index contributed by atoms with van der Waals surface area (Å²) in [7, 11) is 0. The number of hydrogen-bond donors (Lipinski definition) is 3. The molecule has 0 saturated heterocycles. The van der Waals surface area contributed by atoms with E-state index in [2.05, 4.69) is 86.4 Å². The Morgan fingerprint density at radius 3 is 1.12 bits per heavy atom. The van der Waals surface area contributed by atoms with Crippen molar-refractivity contribution in [3.8, 4) is 0 Å². The average Bonchev–Trinajstić information content (AvgIpc) is 3.14. The van der Waals surface area contributed by atoms with Gasteiger partial charge in [0.2, 0.25) is 0 Å². The predicted octanol–water partition coefficient (Wildman–Crippen LogP) is 12.3. The third-order valence-corrected chi connectivity index (χ3v) is 18.5. The third kappa shape index (κ3) is 29.0. The van der Waals surface area contributed by atoms with Crippen molar-refractivity contribution in [2.45, 2.75) is 194 Å². The Labute approximate surface area is 365 Å². The minimum atomic E-state index is -5.57. The van der Waals surface area contributed by atoms with Gasteiger partial charge in [-0.05, 0) is 0 Å². The van der Waals surface area contributed by atoms with Crippen LogP contribution >= 0.6 is 37.9 Å². The zero-order chi connectivity index (χ0) is 42.2. The number of thiol groups is 3. The van der Waals surface area contributed by atoms with Crippen LogP contribution in [0.2, 0.25) is 4.44 Å². The van der Waals surface area contributed by atoms with E-state index in [1.54, 1.807) is 0 Å². The summed E-state index contributed by atoms with van der Waals surface area (Å²) in [5.74, 6) is -1.45. The number of rotatable bonds is 37. The first kappa shape index (κ1) is 55.7. The Balaban J connectivity index is 6.39. The summed E-state index contributed by atoms with van der Waals surface area (Å²) < 4.78 is 24.2. The monoisotopic (exact) mass is 956 g/mol. The van der Waals surface area contributed by atoms with Gasteiger partial charge in [0, 0.05) is 0 Å². The fourth-order valence-corrected chi connectivity index (χ4v) is 14.3. The molecule has 330 valence electrons. The summed E-state index contributed by atoms with van der Waals surface area (Å²) >= 11 is 7.95. The van der Waals surface area contributed by atoms with Gasteiger partial charge < -0.3 is 0 Å². The normalized spacial score (nSPS) is 14.4. The van der Waals surface area contributed by atoms with E-state index < -0.39 is 61.3 Å². The van der Waals surface area contributed by atoms with Crippen molar-refractivity contribution >= 4 is 81.4 Å². The second-order valence-corrected chi connectivity index (χ2v) is 25.3. The van der Waals surface area contributed by atoms with Crippen LogP contribution in [0.1, 0.15) is 190 Å². The van der Waals surface area contributed by atoms with E-state index in [0.29, 0.717) is 37.0 Å². The zero-order valence-electron chi connectivity index (χ0n) is 36.7. The van der Waals surface area contributed by atoms with Crippen LogP contribution in [0.25, 0.3) is 0 Å². The molecule has 0 aromatic carbocycles. The Kier molecular flexibility index (Phi) is 35.3. The summed E-state index contributed by atoms with van der Waals surface area (Å²) in [5.41, 5.74) is 0. The van der Waals surface area contributed by atoms with Crippen LogP contribution in [0, 0.1) is 35.5 Å². The molecule has 0 spiro atoms. The SMILES string of the molecule is CCCCCCCCOC(=O)C[CH2][Sn]([O]C(=O)C(CS)CCCCCC(C)C)([O]C(=O)C(CS)CCCCCC(C)C)[O]C(=O)C(CS)CCCCCC(C)C. The molecule has 3 unspecified atom stereocenters. The van der Waals surface area contributed by atoms with Crippen molar-refractivity contribution in [2.24, 2.45) is 35.5 Å². The van der Waals surface area contributed by atoms with Crippen LogP contribution in [0.4, 0.5) is 0 Å². The second-order valence-electron chi connectivity index (χ2n) is 17.2. The molecule has 0 fully saturated rings. The van der Waals surface area contributed by atoms with Gasteiger partial charge in [0.15, 0.2) is 0 Å². The van der Waals surface area contributed by atoms with Crippen molar-refractivity contribution in [3.05, 3.63) is 0 Å². The molecule has 0 saturated carbocycles. The van der Waals surface area contributed by atoms with Gasteiger partial charge in [-0.1, -0.05) is 0 Å². The molecule has 0 aliphatic carbocycles. The maximum absolute atomic E-state index is 14.0. The van der Waals surface area contributed by atoms with Gasteiger partial charge in [-0.25, -0.2) is 0 Å². The third-order valence-electron chi connectivity index (χ3n) is 10.3. The van der Waals surface area contributed by atoms with Crippen LogP contribution in [0.3, 0.4) is 0 Å². The van der Waals surface area contributed by atoms with E-state index in [1.165, 1.54) is 6.42 Å². The molecule has 0 rings (SSSR count). The topological polar surface area (TPSA) is 105 Å². The van der Waals surface area contributed by atoms with Crippen molar-refractivity contribution in [3.63, 3.8) is 0 Å². The summed E-state index contributed by atoms with van der Waals surface area (Å²) in [6.07, 6.45) is 19.7. The molecule has 0 bridgehead atoms. The molecule has 0 N–H and O–H groups in total. The Morgan fingerprint density at radius 2 is 0.786 bits per heavy atom. The predicted molar refractivity (Wildman–Crippen MR) is 244 cm³/mol. The van der Waals surface area contributed by atoms with E-state index >= 15 is 0 Å². The first-order chi connectivity index (χ1) is 26.7. The van der Waals surface area contributed by atoms with Gasteiger partial charge in [0.1, 0.15) is 0 Å². The number of carbonyl (C=O) groups excluding carboxylic acids is 4. The van der Waals surface area contributed by atoms with Crippen molar-refractivity contribution < 1.29 is 33.1 Å². The van der Waals surface area contributed by atoms with Crippen molar-refractivity contribution in [1.82, 2.24) is 0 Å². The molecular weight excluding hydrogens is 871 g/mol. The molecule has 8 nitrogen and oxygen atoms in total. The fraction of sp³-hybridized carbons (Fsp3) is 0.909. The fourth-order valence-electron chi connectivity index (χ4n) is 6.53. The zero-order valence-corrected chi connectivity index (χ0v) is 42.2. The van der Waals surface area contributed by atoms with E-state index in [9.17, 15) is 19.2 Å². The Hall–Kier alpha value is -0.271. The van der Waals surface area contributed by atoms with E-state index in [1.807, 2.05) is 0 Å². The number of unbranched alkanes of at least 4 members (excludes halogenated alkanes) is 11. The van der Waals surface area contributed by atoms with Crippen LogP contribution in [0.5, 0.6) is 0 Å².